The molecule has 0 fully saturated rings. The maximum atomic E-state index is 11.8. The third-order valence-electron chi connectivity index (χ3n) is 2.24. The Kier molecular flexibility index (Phi) is 5.01. The molecule has 0 heterocycles. The molecule has 0 amide bonds. The topological polar surface area (TPSA) is 17.1 Å². The first-order valence-corrected chi connectivity index (χ1v) is 8.15. The van der Waals surface area contributed by atoms with Crippen LogP contribution in [0.3, 0.4) is 0 Å². The van der Waals surface area contributed by atoms with E-state index in [0.717, 1.165) is 9.17 Å². The number of carbonyl (C=O) groups is 1. The summed E-state index contributed by atoms with van der Waals surface area (Å²) in [6, 6.07) is 17.4. The summed E-state index contributed by atoms with van der Waals surface area (Å²) in [4.78, 5) is 11.8. The Morgan fingerprint density at radius 3 is 2.33 bits per heavy atom. The van der Waals surface area contributed by atoms with Crippen LogP contribution >= 0.6 is 11.6 Å². The van der Waals surface area contributed by atoms with Gasteiger partial charge in [-0.25, -0.2) is 0 Å². The van der Waals surface area contributed by atoms with Crippen LogP contribution in [0, 0.1) is 0 Å². The predicted molar refractivity (Wildman–Crippen MR) is 77.3 cm³/mol. The molecule has 0 spiro atoms. The predicted octanol–water partition coefficient (Wildman–Crippen LogP) is 2.91. The summed E-state index contributed by atoms with van der Waals surface area (Å²) in [5, 5.41) is 0.707. The van der Waals surface area contributed by atoms with Gasteiger partial charge in [-0.3, -0.25) is 0 Å². The van der Waals surface area contributed by atoms with Crippen LogP contribution in [0.25, 0.3) is 6.08 Å². The van der Waals surface area contributed by atoms with Gasteiger partial charge in [-0.15, -0.1) is 0 Å². The van der Waals surface area contributed by atoms with Crippen molar-refractivity contribution in [1.82, 2.24) is 0 Å². The molecule has 2 aromatic rings. The summed E-state index contributed by atoms with van der Waals surface area (Å²) >= 11 is 4.99. The molecule has 0 atom stereocenters. The molecule has 90 valence electrons. The Hall–Kier alpha value is -1.07. The number of halogens is 1. The SMILES string of the molecule is O=C(/C=C/c1ccccc1)[Te]c1ccc(Cl)cc1. The van der Waals surface area contributed by atoms with E-state index in [1.165, 1.54) is 0 Å². The van der Waals surface area contributed by atoms with Crippen LogP contribution in [0.5, 0.6) is 0 Å². The summed E-state index contributed by atoms with van der Waals surface area (Å²) in [5.74, 6) is 0. The van der Waals surface area contributed by atoms with Gasteiger partial charge in [-0.1, -0.05) is 0 Å². The average molecular weight is 370 g/mol. The Balaban J connectivity index is 1.97. The molecule has 3 heteroatoms. The minimum absolute atomic E-state index is 0.214. The molecule has 2 rings (SSSR count). The first-order chi connectivity index (χ1) is 8.74. The molecule has 18 heavy (non-hydrogen) atoms. The molecule has 0 aliphatic carbocycles. The van der Waals surface area contributed by atoms with Crippen LogP contribution in [-0.2, 0) is 4.79 Å². The number of hydrogen-bond donors (Lipinski definition) is 0. The summed E-state index contributed by atoms with van der Waals surface area (Å²) < 4.78 is 1.32. The summed E-state index contributed by atoms with van der Waals surface area (Å²) in [7, 11) is 0. The Morgan fingerprint density at radius 2 is 1.67 bits per heavy atom. The second kappa shape index (κ2) is 6.75. The van der Waals surface area contributed by atoms with E-state index in [0.29, 0.717) is 5.02 Å². The van der Waals surface area contributed by atoms with E-state index in [2.05, 4.69) is 0 Å². The molecule has 0 bridgehead atoms. The molecule has 0 aromatic heterocycles. The van der Waals surface area contributed by atoms with E-state index in [-0.39, 0.29) is 3.83 Å². The van der Waals surface area contributed by atoms with Crippen molar-refractivity contribution in [3.05, 3.63) is 71.3 Å². The van der Waals surface area contributed by atoms with Crippen LogP contribution in [0.1, 0.15) is 5.56 Å². The van der Waals surface area contributed by atoms with Gasteiger partial charge >= 0.3 is 122 Å². The van der Waals surface area contributed by atoms with Crippen LogP contribution in [0.4, 0.5) is 0 Å². The molecule has 0 N–H and O–H groups in total. The van der Waals surface area contributed by atoms with Crippen molar-refractivity contribution >= 4 is 46.0 Å². The van der Waals surface area contributed by atoms with Crippen LogP contribution in [0.15, 0.2) is 60.7 Å². The van der Waals surface area contributed by atoms with Crippen molar-refractivity contribution < 1.29 is 4.79 Å². The van der Waals surface area contributed by atoms with Gasteiger partial charge in [0, 0.05) is 0 Å². The van der Waals surface area contributed by atoms with Crippen LogP contribution in [0.2, 0.25) is 5.02 Å². The Morgan fingerprint density at radius 1 is 1.00 bits per heavy atom. The summed E-state index contributed by atoms with van der Waals surface area (Å²) in [5.41, 5.74) is 1.05. The molecular formula is C15H11ClOTe. The van der Waals surface area contributed by atoms with Gasteiger partial charge in [-0.2, -0.15) is 0 Å². The Labute approximate surface area is 122 Å². The first kappa shape index (κ1) is 13.4. The number of hydrogen-bond acceptors (Lipinski definition) is 1. The van der Waals surface area contributed by atoms with Gasteiger partial charge in [0.2, 0.25) is 0 Å². The number of rotatable bonds is 4. The second-order valence-corrected chi connectivity index (χ2v) is 7.13. The van der Waals surface area contributed by atoms with E-state index in [1.54, 1.807) is 6.08 Å². The third kappa shape index (κ3) is 4.31. The quantitative estimate of drug-likeness (QED) is 0.598. The van der Waals surface area contributed by atoms with Crippen molar-refractivity contribution in [3.63, 3.8) is 0 Å². The summed E-state index contributed by atoms with van der Waals surface area (Å²) in [6.45, 7) is 0. The molecule has 0 saturated heterocycles. The standard InChI is InChI=1S/C15H11ClOTe/c16-13-7-9-14(10-8-13)18-15(17)11-6-12-4-2-1-3-5-12/h1-11H/b11-6+. The minimum atomic E-state index is -0.820. The normalized spacial score (nSPS) is 10.7. The number of allylic oxidation sites excluding steroid dienone is 1. The molecular weight excluding hydrogens is 359 g/mol. The zero-order chi connectivity index (χ0) is 12.8. The van der Waals surface area contributed by atoms with Gasteiger partial charge < -0.3 is 0 Å². The van der Waals surface area contributed by atoms with E-state index in [9.17, 15) is 4.79 Å². The molecule has 0 aliphatic heterocycles. The maximum absolute atomic E-state index is 11.8. The summed E-state index contributed by atoms with van der Waals surface area (Å²) in [6.07, 6.45) is 3.54. The van der Waals surface area contributed by atoms with Crippen molar-refractivity contribution in [3.8, 4) is 0 Å². The van der Waals surface area contributed by atoms with E-state index in [4.69, 9.17) is 11.6 Å². The van der Waals surface area contributed by atoms with E-state index in [1.807, 2.05) is 60.7 Å². The van der Waals surface area contributed by atoms with Gasteiger partial charge in [0.05, 0.1) is 0 Å². The Bertz CT molecular complexity index is 546. The zero-order valence-electron chi connectivity index (χ0n) is 9.55. The van der Waals surface area contributed by atoms with Crippen molar-refractivity contribution in [2.24, 2.45) is 0 Å². The van der Waals surface area contributed by atoms with Gasteiger partial charge in [0.15, 0.2) is 0 Å². The number of benzene rings is 2. The number of carbonyl (C=O) groups excluding carboxylic acids is 1. The fourth-order valence-corrected chi connectivity index (χ4v) is 3.34. The van der Waals surface area contributed by atoms with Crippen molar-refractivity contribution in [2.45, 2.75) is 0 Å². The van der Waals surface area contributed by atoms with Gasteiger partial charge in [0.1, 0.15) is 0 Å². The van der Waals surface area contributed by atoms with Crippen LogP contribution in [-0.4, -0.2) is 24.8 Å². The van der Waals surface area contributed by atoms with Crippen molar-refractivity contribution in [1.29, 1.82) is 0 Å². The molecule has 0 unspecified atom stereocenters. The van der Waals surface area contributed by atoms with E-state index >= 15 is 0 Å². The molecule has 1 nitrogen and oxygen atoms in total. The fraction of sp³-hybridized carbons (Fsp3) is 0. The van der Waals surface area contributed by atoms with Crippen molar-refractivity contribution in [2.75, 3.05) is 0 Å². The average Bonchev–Trinajstić information content (AvgIpc) is 2.40. The van der Waals surface area contributed by atoms with E-state index < -0.39 is 20.9 Å². The second-order valence-electron chi connectivity index (χ2n) is 3.62. The van der Waals surface area contributed by atoms with Gasteiger partial charge in [-0.05, 0) is 0 Å². The third-order valence-corrected chi connectivity index (χ3v) is 4.91. The molecule has 0 saturated carbocycles. The molecule has 0 radical (unpaired) electrons. The van der Waals surface area contributed by atoms with Crippen LogP contribution < -0.4 is 3.61 Å². The molecule has 2 aromatic carbocycles. The molecule has 0 aliphatic rings. The van der Waals surface area contributed by atoms with Gasteiger partial charge in [0.25, 0.3) is 0 Å². The monoisotopic (exact) mass is 372 g/mol. The first-order valence-electron chi connectivity index (χ1n) is 5.44. The zero-order valence-corrected chi connectivity index (χ0v) is 12.6. The fourth-order valence-electron chi connectivity index (χ4n) is 1.38.